The minimum atomic E-state index is -0.945. The number of rotatable bonds is 3. The third kappa shape index (κ3) is 3.07. The number of halogens is 3. The summed E-state index contributed by atoms with van der Waals surface area (Å²) >= 11 is 6.29. The van der Waals surface area contributed by atoms with Crippen LogP contribution in [0.3, 0.4) is 0 Å². The minimum absolute atomic E-state index is 0.362. The van der Waals surface area contributed by atoms with Crippen LogP contribution >= 0.6 is 11.6 Å². The minimum Gasteiger partial charge on any atom is -0.340 e. The average Bonchev–Trinajstić information content (AvgIpc) is 2.66. The topological polar surface area (TPSA) is 50.7 Å². The van der Waals surface area contributed by atoms with Gasteiger partial charge in [0.05, 0.1) is 10.5 Å². The first-order chi connectivity index (χ1) is 12.6. The van der Waals surface area contributed by atoms with Gasteiger partial charge in [0.15, 0.2) is 17.5 Å². The molecule has 0 unspecified atom stereocenters. The lowest BCUT2D eigenvalue weighted by molar-refractivity contribution is 0.509. The summed E-state index contributed by atoms with van der Waals surface area (Å²) < 4.78 is 26.7. The van der Waals surface area contributed by atoms with E-state index in [0.717, 1.165) is 12.1 Å². The lowest BCUT2D eigenvalue weighted by atomic mass is 10.2. The molecule has 0 atom stereocenters. The molecule has 2 aromatic carbocycles. The number of hydrogen-bond donors (Lipinski definition) is 1. The highest BCUT2D eigenvalue weighted by Gasteiger charge is 2.13. The van der Waals surface area contributed by atoms with Crippen molar-refractivity contribution in [2.45, 2.75) is 0 Å². The number of pyridine rings is 1. The molecule has 1 N–H and O–H groups in total. The average molecular weight is 369 g/mol. The van der Waals surface area contributed by atoms with Crippen LogP contribution in [0.5, 0.6) is 0 Å². The second-order valence-corrected chi connectivity index (χ2v) is 5.93. The van der Waals surface area contributed by atoms with E-state index in [0.29, 0.717) is 38.8 Å². The Morgan fingerprint density at radius 2 is 1.81 bits per heavy atom. The predicted molar refractivity (Wildman–Crippen MR) is 97.4 cm³/mol. The quantitative estimate of drug-likeness (QED) is 0.528. The Hall–Kier alpha value is -3.12. The molecule has 2 aromatic heterocycles. The summed E-state index contributed by atoms with van der Waals surface area (Å²) in [6.45, 7) is 0. The van der Waals surface area contributed by atoms with E-state index < -0.39 is 11.6 Å². The van der Waals surface area contributed by atoms with Gasteiger partial charge in [-0.05, 0) is 36.4 Å². The van der Waals surface area contributed by atoms with Gasteiger partial charge in [-0.25, -0.2) is 18.7 Å². The van der Waals surface area contributed by atoms with E-state index in [2.05, 4.69) is 20.3 Å². The van der Waals surface area contributed by atoms with E-state index in [-0.39, 0.29) is 0 Å². The Morgan fingerprint density at radius 1 is 0.923 bits per heavy atom. The van der Waals surface area contributed by atoms with Crippen LogP contribution in [0.25, 0.3) is 22.3 Å². The van der Waals surface area contributed by atoms with Crippen LogP contribution in [0.4, 0.5) is 20.3 Å². The lowest BCUT2D eigenvalue weighted by Crippen LogP contribution is -2.00. The summed E-state index contributed by atoms with van der Waals surface area (Å²) in [6, 6.07) is 12.5. The molecule has 0 saturated heterocycles. The van der Waals surface area contributed by atoms with Crippen molar-refractivity contribution >= 4 is 34.0 Å². The Kier molecular flexibility index (Phi) is 4.18. The molecule has 0 amide bonds. The van der Waals surface area contributed by atoms with Gasteiger partial charge in [0.25, 0.3) is 0 Å². The van der Waals surface area contributed by atoms with Gasteiger partial charge in [0, 0.05) is 35.1 Å². The molecule has 0 radical (unpaired) electrons. The van der Waals surface area contributed by atoms with Crippen LogP contribution in [0.2, 0.25) is 5.02 Å². The molecule has 0 fully saturated rings. The third-order valence-corrected chi connectivity index (χ3v) is 4.08. The molecule has 0 saturated carbocycles. The zero-order valence-corrected chi connectivity index (χ0v) is 14.0. The van der Waals surface area contributed by atoms with E-state index in [1.165, 1.54) is 6.07 Å². The van der Waals surface area contributed by atoms with E-state index in [4.69, 9.17) is 11.6 Å². The van der Waals surface area contributed by atoms with Crippen molar-refractivity contribution in [1.29, 1.82) is 0 Å². The molecule has 7 heteroatoms. The van der Waals surface area contributed by atoms with E-state index in [9.17, 15) is 8.78 Å². The molecular weight excluding hydrogens is 358 g/mol. The van der Waals surface area contributed by atoms with Crippen molar-refractivity contribution in [3.8, 4) is 11.4 Å². The second-order valence-electron chi connectivity index (χ2n) is 5.53. The molecule has 0 spiro atoms. The Labute approximate surface area is 152 Å². The first kappa shape index (κ1) is 16.4. The first-order valence-electron chi connectivity index (χ1n) is 7.70. The third-order valence-electron chi connectivity index (χ3n) is 3.78. The molecule has 4 aromatic rings. The number of aromatic nitrogens is 3. The Balaban J connectivity index is 1.89. The summed E-state index contributed by atoms with van der Waals surface area (Å²) in [5.74, 6) is -1.01. The zero-order chi connectivity index (χ0) is 18.1. The van der Waals surface area contributed by atoms with Crippen LogP contribution in [0.1, 0.15) is 0 Å². The highest BCUT2D eigenvalue weighted by Crippen LogP contribution is 2.31. The summed E-state index contributed by atoms with van der Waals surface area (Å²) in [4.78, 5) is 13.1. The maximum Gasteiger partial charge on any atom is 0.163 e. The van der Waals surface area contributed by atoms with Gasteiger partial charge in [0.1, 0.15) is 5.82 Å². The van der Waals surface area contributed by atoms with Gasteiger partial charge in [-0.1, -0.05) is 17.7 Å². The van der Waals surface area contributed by atoms with Crippen LogP contribution in [-0.2, 0) is 0 Å². The number of fused-ring (bicyclic) bond motifs is 1. The molecule has 128 valence electrons. The molecule has 4 rings (SSSR count). The Bertz CT molecular complexity index is 1100. The van der Waals surface area contributed by atoms with Gasteiger partial charge in [0.2, 0.25) is 0 Å². The van der Waals surface area contributed by atoms with Crippen molar-refractivity contribution < 1.29 is 8.78 Å². The van der Waals surface area contributed by atoms with Crippen molar-refractivity contribution in [3.63, 3.8) is 0 Å². The van der Waals surface area contributed by atoms with Crippen molar-refractivity contribution in [1.82, 2.24) is 15.0 Å². The fraction of sp³-hybridized carbons (Fsp3) is 0. The number of benzene rings is 2. The van der Waals surface area contributed by atoms with Crippen LogP contribution in [0, 0.1) is 11.6 Å². The van der Waals surface area contributed by atoms with Gasteiger partial charge in [-0.2, -0.15) is 0 Å². The molecule has 4 nitrogen and oxygen atoms in total. The summed E-state index contributed by atoms with van der Waals surface area (Å²) in [5, 5.41) is 4.14. The van der Waals surface area contributed by atoms with Gasteiger partial charge < -0.3 is 5.32 Å². The maximum absolute atomic E-state index is 13.5. The summed E-state index contributed by atoms with van der Waals surface area (Å²) in [7, 11) is 0. The highest BCUT2D eigenvalue weighted by atomic mass is 35.5. The molecule has 0 bridgehead atoms. The number of nitrogens with zero attached hydrogens (tertiary/aromatic N) is 3. The molecule has 26 heavy (non-hydrogen) atoms. The van der Waals surface area contributed by atoms with Gasteiger partial charge in [-0.15, -0.1) is 0 Å². The zero-order valence-electron chi connectivity index (χ0n) is 13.2. The fourth-order valence-electron chi connectivity index (χ4n) is 2.55. The van der Waals surface area contributed by atoms with Crippen molar-refractivity contribution in [2.75, 3.05) is 5.32 Å². The molecule has 0 aliphatic carbocycles. The predicted octanol–water partition coefficient (Wildman–Crippen LogP) is 5.37. The molecule has 0 aliphatic rings. The largest absolute Gasteiger partial charge is 0.340 e. The molecule has 2 heterocycles. The number of anilines is 2. The van der Waals surface area contributed by atoms with Crippen LogP contribution in [0.15, 0.2) is 60.9 Å². The van der Waals surface area contributed by atoms with Gasteiger partial charge >= 0.3 is 0 Å². The van der Waals surface area contributed by atoms with E-state index >= 15 is 0 Å². The van der Waals surface area contributed by atoms with Crippen LogP contribution in [-0.4, -0.2) is 15.0 Å². The molecule has 0 aliphatic heterocycles. The highest BCUT2D eigenvalue weighted by molar-refractivity contribution is 6.35. The summed E-state index contributed by atoms with van der Waals surface area (Å²) in [6.07, 6.45) is 3.29. The standard InChI is InChI=1S/C19H11ClF2N4/c20-14-5-1-4-13-17(14)25-18(11-3-2-8-23-10-11)26-19(13)24-12-6-7-15(21)16(22)9-12/h1-10H,(H,24,25,26). The smallest absolute Gasteiger partial charge is 0.163 e. The monoisotopic (exact) mass is 368 g/mol. The van der Waals surface area contributed by atoms with Gasteiger partial charge in [-0.3, -0.25) is 4.98 Å². The van der Waals surface area contributed by atoms with Crippen LogP contribution < -0.4 is 5.32 Å². The lowest BCUT2D eigenvalue weighted by Gasteiger charge is -2.12. The number of hydrogen-bond acceptors (Lipinski definition) is 4. The normalized spacial score (nSPS) is 10.9. The van der Waals surface area contributed by atoms with Crippen molar-refractivity contribution in [2.24, 2.45) is 0 Å². The van der Waals surface area contributed by atoms with E-state index in [1.54, 1.807) is 36.7 Å². The maximum atomic E-state index is 13.5. The number of para-hydroxylation sites is 1. The van der Waals surface area contributed by atoms with Crippen molar-refractivity contribution in [3.05, 3.63) is 77.6 Å². The first-order valence-corrected chi connectivity index (χ1v) is 8.08. The van der Waals surface area contributed by atoms with E-state index in [1.807, 2.05) is 6.07 Å². The summed E-state index contributed by atoms with van der Waals surface area (Å²) in [5.41, 5.74) is 1.62. The SMILES string of the molecule is Fc1ccc(Nc2nc(-c3cccnc3)nc3c(Cl)cccc23)cc1F. The number of nitrogens with one attached hydrogen (secondary N) is 1. The second kappa shape index (κ2) is 6.65. The Morgan fingerprint density at radius 3 is 2.58 bits per heavy atom. The fourth-order valence-corrected chi connectivity index (χ4v) is 2.76. The molecular formula is C19H11ClF2N4.